The SMILES string of the molecule is Oc1ccc(OC(F)(F)F)cc1CN1CCC[C@H]1C(O)(c1ccccc1)c1ccccc1. The number of phenolic OH excluding ortho intramolecular Hbond substituents is 1. The van der Waals surface area contributed by atoms with Crippen LogP contribution in [0.2, 0.25) is 0 Å². The average Bonchev–Trinajstić information content (AvgIpc) is 3.24. The van der Waals surface area contributed by atoms with Crippen LogP contribution < -0.4 is 4.74 Å². The second-order valence-electron chi connectivity index (χ2n) is 7.97. The zero-order chi connectivity index (χ0) is 22.8. The topological polar surface area (TPSA) is 52.9 Å². The van der Waals surface area contributed by atoms with Gasteiger partial charge in [0.1, 0.15) is 17.1 Å². The number of phenols is 1. The molecule has 2 N–H and O–H groups in total. The van der Waals surface area contributed by atoms with Gasteiger partial charge in [0, 0.05) is 18.2 Å². The van der Waals surface area contributed by atoms with Gasteiger partial charge in [0.2, 0.25) is 0 Å². The molecular formula is C25H24F3NO3. The maximum atomic E-state index is 12.6. The molecule has 1 atom stereocenters. The Bertz CT molecular complexity index is 1000. The maximum Gasteiger partial charge on any atom is 0.573 e. The zero-order valence-corrected chi connectivity index (χ0v) is 17.3. The first-order chi connectivity index (χ1) is 15.3. The van der Waals surface area contributed by atoms with Crippen molar-refractivity contribution in [1.82, 2.24) is 4.90 Å². The van der Waals surface area contributed by atoms with E-state index >= 15 is 0 Å². The molecule has 3 aromatic rings. The number of aromatic hydroxyl groups is 1. The summed E-state index contributed by atoms with van der Waals surface area (Å²) in [6, 6.07) is 21.9. The second-order valence-corrected chi connectivity index (χ2v) is 7.97. The smallest absolute Gasteiger partial charge is 0.508 e. The van der Waals surface area contributed by atoms with Gasteiger partial charge in [0.15, 0.2) is 0 Å². The lowest BCUT2D eigenvalue weighted by molar-refractivity contribution is -0.274. The standard InChI is InChI=1S/C25H24F3NO3/c26-25(27,28)32-21-13-14-22(30)18(16-21)17-29-15-7-12-23(29)24(31,19-8-3-1-4-9-19)20-10-5-2-6-11-20/h1-6,8-11,13-14,16,23,30-31H,7,12,15,17H2/t23-/m0/s1. The van der Waals surface area contributed by atoms with Crippen LogP contribution >= 0.6 is 0 Å². The summed E-state index contributed by atoms with van der Waals surface area (Å²) in [4.78, 5) is 2.01. The summed E-state index contributed by atoms with van der Waals surface area (Å²) in [5.41, 5.74) is 0.458. The molecule has 1 fully saturated rings. The third-order valence-electron chi connectivity index (χ3n) is 5.93. The number of aliphatic hydroxyl groups is 1. The lowest BCUT2D eigenvalue weighted by Gasteiger charge is -2.40. The van der Waals surface area contributed by atoms with Crippen LogP contribution in [0.1, 0.15) is 29.5 Å². The first-order valence-corrected chi connectivity index (χ1v) is 10.4. The molecule has 0 amide bonds. The fourth-order valence-electron chi connectivity index (χ4n) is 4.53. The molecule has 0 aliphatic carbocycles. The number of alkyl halides is 3. The van der Waals surface area contributed by atoms with Crippen molar-refractivity contribution in [2.24, 2.45) is 0 Å². The molecule has 168 valence electrons. The van der Waals surface area contributed by atoms with Gasteiger partial charge in [-0.15, -0.1) is 13.2 Å². The van der Waals surface area contributed by atoms with Crippen molar-refractivity contribution in [3.05, 3.63) is 95.6 Å². The van der Waals surface area contributed by atoms with Gasteiger partial charge in [0.05, 0.1) is 0 Å². The van der Waals surface area contributed by atoms with Gasteiger partial charge in [0.25, 0.3) is 0 Å². The Morgan fingerprint density at radius 3 is 2.06 bits per heavy atom. The summed E-state index contributed by atoms with van der Waals surface area (Å²) >= 11 is 0. The van der Waals surface area contributed by atoms with Crippen LogP contribution in [-0.4, -0.2) is 34.1 Å². The molecule has 7 heteroatoms. The quantitative estimate of drug-likeness (QED) is 0.551. The molecule has 0 radical (unpaired) electrons. The van der Waals surface area contributed by atoms with E-state index in [-0.39, 0.29) is 24.1 Å². The van der Waals surface area contributed by atoms with Gasteiger partial charge >= 0.3 is 6.36 Å². The van der Waals surface area contributed by atoms with Crippen LogP contribution in [-0.2, 0) is 12.1 Å². The second kappa shape index (κ2) is 8.84. The molecule has 0 unspecified atom stereocenters. The van der Waals surface area contributed by atoms with E-state index in [9.17, 15) is 23.4 Å². The molecule has 0 spiro atoms. The van der Waals surface area contributed by atoms with Gasteiger partial charge < -0.3 is 14.9 Å². The minimum atomic E-state index is -4.81. The molecule has 0 aromatic heterocycles. The highest BCUT2D eigenvalue weighted by Gasteiger charge is 2.45. The van der Waals surface area contributed by atoms with Crippen LogP contribution in [0, 0.1) is 0 Å². The lowest BCUT2D eigenvalue weighted by Crippen LogP contribution is -2.48. The Labute approximate surface area is 184 Å². The summed E-state index contributed by atoms with van der Waals surface area (Å²) in [6.07, 6.45) is -3.31. The molecule has 4 rings (SSSR count). The Morgan fingerprint density at radius 2 is 1.50 bits per heavy atom. The average molecular weight is 443 g/mol. The monoisotopic (exact) mass is 443 g/mol. The van der Waals surface area contributed by atoms with Gasteiger partial charge in [-0.25, -0.2) is 0 Å². The Kier molecular flexibility index (Phi) is 6.13. The summed E-state index contributed by atoms with van der Waals surface area (Å²) in [6.45, 7) is 0.809. The first-order valence-electron chi connectivity index (χ1n) is 10.4. The Balaban J connectivity index is 1.69. The minimum Gasteiger partial charge on any atom is -0.508 e. The summed E-state index contributed by atoms with van der Waals surface area (Å²) in [5, 5.41) is 22.4. The predicted octanol–water partition coefficient (Wildman–Crippen LogP) is 5.19. The number of nitrogens with zero attached hydrogens (tertiary/aromatic N) is 1. The molecule has 3 aromatic carbocycles. The molecule has 1 saturated heterocycles. The van der Waals surface area contributed by atoms with E-state index in [1.165, 1.54) is 12.1 Å². The van der Waals surface area contributed by atoms with Crippen molar-refractivity contribution in [2.75, 3.05) is 6.54 Å². The molecule has 0 saturated carbocycles. The van der Waals surface area contributed by atoms with Crippen molar-refractivity contribution >= 4 is 0 Å². The number of benzene rings is 3. The molecule has 0 bridgehead atoms. The number of hydrogen-bond acceptors (Lipinski definition) is 4. The van der Waals surface area contributed by atoms with E-state index in [4.69, 9.17) is 0 Å². The number of halogens is 3. The molecule has 1 aliphatic rings. The fraction of sp³-hybridized carbons (Fsp3) is 0.280. The summed E-state index contributed by atoms with van der Waals surface area (Å²) < 4.78 is 41.9. The van der Waals surface area contributed by atoms with Gasteiger partial charge in [-0.05, 0) is 48.7 Å². The van der Waals surface area contributed by atoms with Crippen molar-refractivity contribution < 1.29 is 28.1 Å². The van der Waals surface area contributed by atoms with Crippen molar-refractivity contribution in [3.8, 4) is 11.5 Å². The first kappa shape index (κ1) is 22.2. The molecule has 32 heavy (non-hydrogen) atoms. The van der Waals surface area contributed by atoms with E-state index in [0.717, 1.165) is 23.6 Å². The van der Waals surface area contributed by atoms with E-state index in [2.05, 4.69) is 4.74 Å². The Hall–Kier alpha value is -3.03. The molecule has 1 aliphatic heterocycles. The van der Waals surface area contributed by atoms with Gasteiger partial charge in [-0.3, -0.25) is 4.90 Å². The van der Waals surface area contributed by atoms with E-state index in [1.807, 2.05) is 65.6 Å². The highest BCUT2D eigenvalue weighted by atomic mass is 19.4. The predicted molar refractivity (Wildman–Crippen MR) is 114 cm³/mol. The minimum absolute atomic E-state index is 0.117. The number of ether oxygens (including phenoxy) is 1. The molecule has 4 nitrogen and oxygen atoms in total. The highest BCUT2D eigenvalue weighted by Crippen LogP contribution is 2.41. The van der Waals surface area contributed by atoms with Crippen LogP contribution in [0.25, 0.3) is 0 Å². The normalized spacial score (nSPS) is 17.4. The summed E-state index contributed by atoms with van der Waals surface area (Å²) in [7, 11) is 0. The highest BCUT2D eigenvalue weighted by molar-refractivity contribution is 5.41. The largest absolute Gasteiger partial charge is 0.573 e. The van der Waals surface area contributed by atoms with Crippen molar-refractivity contribution in [3.63, 3.8) is 0 Å². The molecule has 1 heterocycles. The van der Waals surface area contributed by atoms with Crippen molar-refractivity contribution in [2.45, 2.75) is 37.4 Å². The third-order valence-corrected chi connectivity index (χ3v) is 5.93. The summed E-state index contributed by atoms with van der Waals surface area (Å²) in [5.74, 6) is -0.504. The van der Waals surface area contributed by atoms with Gasteiger partial charge in [-0.2, -0.15) is 0 Å². The van der Waals surface area contributed by atoms with E-state index < -0.39 is 12.0 Å². The number of likely N-dealkylation sites (tertiary alicyclic amines) is 1. The molecular weight excluding hydrogens is 419 g/mol. The van der Waals surface area contributed by atoms with Crippen LogP contribution in [0.15, 0.2) is 78.9 Å². The zero-order valence-electron chi connectivity index (χ0n) is 17.3. The van der Waals surface area contributed by atoms with Crippen LogP contribution in [0.4, 0.5) is 13.2 Å². The lowest BCUT2D eigenvalue weighted by atomic mass is 9.79. The maximum absolute atomic E-state index is 12.6. The van der Waals surface area contributed by atoms with Crippen LogP contribution in [0.5, 0.6) is 11.5 Å². The van der Waals surface area contributed by atoms with E-state index in [1.54, 1.807) is 0 Å². The van der Waals surface area contributed by atoms with Crippen LogP contribution in [0.3, 0.4) is 0 Å². The fourth-order valence-corrected chi connectivity index (χ4v) is 4.53. The van der Waals surface area contributed by atoms with Gasteiger partial charge in [-0.1, -0.05) is 60.7 Å². The van der Waals surface area contributed by atoms with Crippen molar-refractivity contribution in [1.29, 1.82) is 0 Å². The third kappa shape index (κ3) is 4.59. The number of rotatable bonds is 6. The number of hydrogen-bond donors (Lipinski definition) is 2. The Morgan fingerprint density at radius 1 is 0.906 bits per heavy atom. The van der Waals surface area contributed by atoms with E-state index in [0.29, 0.717) is 18.5 Å².